The Morgan fingerprint density at radius 1 is 1.42 bits per heavy atom. The van der Waals surface area contributed by atoms with Gasteiger partial charge in [-0.1, -0.05) is 17.7 Å². The van der Waals surface area contributed by atoms with Crippen molar-refractivity contribution in [1.29, 1.82) is 0 Å². The molecule has 6 heteroatoms. The summed E-state index contributed by atoms with van der Waals surface area (Å²) >= 11 is 6.08. The number of benzene rings is 1. The molecule has 0 bridgehead atoms. The van der Waals surface area contributed by atoms with Crippen LogP contribution in [0, 0.1) is 0 Å². The van der Waals surface area contributed by atoms with Crippen LogP contribution < -0.4 is 0 Å². The number of carboxylic acids is 1. The molecule has 0 saturated carbocycles. The summed E-state index contributed by atoms with van der Waals surface area (Å²) in [5.41, 5.74) is 2.57. The molecule has 0 aliphatic carbocycles. The number of rotatable bonds is 2. The predicted octanol–water partition coefficient (Wildman–Crippen LogP) is 2.92. The van der Waals surface area contributed by atoms with Gasteiger partial charge in [0.2, 0.25) is 0 Å². The van der Waals surface area contributed by atoms with E-state index in [2.05, 4.69) is 10.1 Å². The minimum absolute atomic E-state index is 0.0257. The zero-order valence-electron chi connectivity index (χ0n) is 10.0. The number of hydrogen-bond acceptors (Lipinski definition) is 2. The van der Waals surface area contributed by atoms with Gasteiger partial charge in [0.25, 0.3) is 0 Å². The number of aromatic amines is 1. The van der Waals surface area contributed by atoms with E-state index in [0.29, 0.717) is 5.02 Å². The number of carboxylic acid groups (broad SMARTS) is 1. The molecule has 96 valence electrons. The lowest BCUT2D eigenvalue weighted by Crippen LogP contribution is -1.99. The van der Waals surface area contributed by atoms with E-state index in [0.717, 1.165) is 22.2 Å². The number of aromatic carboxylic acids is 1. The molecule has 3 rings (SSSR count). The van der Waals surface area contributed by atoms with Crippen LogP contribution in [0.15, 0.2) is 30.5 Å². The normalized spacial score (nSPS) is 11.1. The Labute approximate surface area is 113 Å². The van der Waals surface area contributed by atoms with E-state index in [4.69, 9.17) is 16.7 Å². The molecule has 0 unspecified atom stereocenters. The van der Waals surface area contributed by atoms with Crippen LogP contribution in [-0.4, -0.2) is 25.8 Å². The number of hydrogen-bond donors (Lipinski definition) is 2. The quantitative estimate of drug-likeness (QED) is 0.755. The fourth-order valence-electron chi connectivity index (χ4n) is 2.09. The van der Waals surface area contributed by atoms with Crippen LogP contribution in [0.5, 0.6) is 0 Å². The Kier molecular flexibility index (Phi) is 2.57. The van der Waals surface area contributed by atoms with Gasteiger partial charge in [0.05, 0.1) is 10.7 Å². The summed E-state index contributed by atoms with van der Waals surface area (Å²) in [5, 5.41) is 14.4. The van der Waals surface area contributed by atoms with Crippen molar-refractivity contribution in [3.63, 3.8) is 0 Å². The molecule has 2 aromatic heterocycles. The summed E-state index contributed by atoms with van der Waals surface area (Å²) in [4.78, 5) is 14.0. The summed E-state index contributed by atoms with van der Waals surface area (Å²) in [6.07, 6.45) is 1.72. The van der Waals surface area contributed by atoms with Gasteiger partial charge in [-0.15, -0.1) is 0 Å². The van der Waals surface area contributed by atoms with Crippen LogP contribution in [0.3, 0.4) is 0 Å². The molecule has 2 heterocycles. The molecule has 5 nitrogen and oxygen atoms in total. The topological polar surface area (TPSA) is 70.9 Å². The average molecular weight is 276 g/mol. The average Bonchev–Trinajstić information content (AvgIpc) is 2.93. The zero-order chi connectivity index (χ0) is 13.6. The standard InChI is InChI=1S/C13H10ClN3O2/c1-17-12(5-11(16-17)13(18)19)7-2-3-10-8(4-7)9(14)6-15-10/h2-6,15H,1H3,(H,18,19). The molecule has 3 aromatic rings. The number of fused-ring (bicyclic) bond motifs is 1. The lowest BCUT2D eigenvalue weighted by atomic mass is 10.1. The van der Waals surface area contributed by atoms with Gasteiger partial charge in [0.15, 0.2) is 5.69 Å². The Hall–Kier alpha value is -2.27. The molecule has 0 amide bonds. The third-order valence-corrected chi connectivity index (χ3v) is 3.34. The van der Waals surface area contributed by atoms with E-state index >= 15 is 0 Å². The number of nitrogens with zero attached hydrogens (tertiary/aromatic N) is 2. The number of aryl methyl sites for hydroxylation is 1. The Balaban J connectivity index is 2.18. The molecular weight excluding hydrogens is 266 g/mol. The molecule has 0 aliphatic heterocycles. The molecular formula is C13H10ClN3O2. The summed E-state index contributed by atoms with van der Waals surface area (Å²) < 4.78 is 1.55. The smallest absolute Gasteiger partial charge is 0.356 e. The maximum Gasteiger partial charge on any atom is 0.356 e. The van der Waals surface area contributed by atoms with Gasteiger partial charge in [0.1, 0.15) is 0 Å². The van der Waals surface area contributed by atoms with Crippen molar-refractivity contribution >= 4 is 28.5 Å². The molecule has 2 N–H and O–H groups in total. The predicted molar refractivity (Wildman–Crippen MR) is 72.5 cm³/mol. The Morgan fingerprint density at radius 2 is 2.21 bits per heavy atom. The van der Waals surface area contributed by atoms with Crippen LogP contribution >= 0.6 is 11.6 Å². The molecule has 0 atom stereocenters. The molecule has 0 radical (unpaired) electrons. The van der Waals surface area contributed by atoms with Crippen LogP contribution in [0.2, 0.25) is 5.02 Å². The number of halogens is 1. The van der Waals surface area contributed by atoms with Gasteiger partial charge in [-0.25, -0.2) is 4.79 Å². The highest BCUT2D eigenvalue weighted by molar-refractivity contribution is 6.35. The fourth-order valence-corrected chi connectivity index (χ4v) is 2.30. The maximum absolute atomic E-state index is 10.9. The molecule has 0 fully saturated rings. The van der Waals surface area contributed by atoms with Crippen LogP contribution in [0.25, 0.3) is 22.2 Å². The highest BCUT2D eigenvalue weighted by atomic mass is 35.5. The largest absolute Gasteiger partial charge is 0.476 e. The highest BCUT2D eigenvalue weighted by Crippen LogP contribution is 2.28. The van der Waals surface area contributed by atoms with E-state index in [1.807, 2.05) is 18.2 Å². The number of carbonyl (C=O) groups is 1. The van der Waals surface area contributed by atoms with Gasteiger partial charge in [0, 0.05) is 29.7 Å². The summed E-state index contributed by atoms with van der Waals surface area (Å²) in [6, 6.07) is 7.27. The van der Waals surface area contributed by atoms with Crippen molar-refractivity contribution < 1.29 is 9.90 Å². The first-order valence-corrected chi connectivity index (χ1v) is 5.98. The summed E-state index contributed by atoms with van der Waals surface area (Å²) in [7, 11) is 1.71. The first-order chi connectivity index (χ1) is 9.06. The Bertz CT molecular complexity index is 788. The SMILES string of the molecule is Cn1nc(C(=O)O)cc1-c1ccc2[nH]cc(Cl)c2c1. The second-order valence-electron chi connectivity index (χ2n) is 4.24. The highest BCUT2D eigenvalue weighted by Gasteiger charge is 2.13. The first-order valence-electron chi connectivity index (χ1n) is 5.60. The minimum atomic E-state index is -1.04. The van der Waals surface area contributed by atoms with E-state index < -0.39 is 5.97 Å². The third kappa shape index (κ3) is 1.88. The van der Waals surface area contributed by atoms with E-state index in [1.54, 1.807) is 24.0 Å². The van der Waals surface area contributed by atoms with E-state index in [-0.39, 0.29) is 5.69 Å². The molecule has 0 spiro atoms. The second kappa shape index (κ2) is 4.13. The molecule has 0 aliphatic rings. The van der Waals surface area contributed by atoms with Gasteiger partial charge < -0.3 is 10.1 Å². The fraction of sp³-hybridized carbons (Fsp3) is 0.0769. The van der Waals surface area contributed by atoms with Gasteiger partial charge >= 0.3 is 5.97 Å². The number of H-pyrrole nitrogens is 1. The molecule has 19 heavy (non-hydrogen) atoms. The van der Waals surface area contributed by atoms with Crippen LogP contribution in [-0.2, 0) is 7.05 Å². The summed E-state index contributed by atoms with van der Waals surface area (Å²) in [5.74, 6) is -1.04. The monoisotopic (exact) mass is 275 g/mol. The van der Waals surface area contributed by atoms with Crippen molar-refractivity contribution in [2.75, 3.05) is 0 Å². The van der Waals surface area contributed by atoms with E-state index in [1.165, 1.54) is 0 Å². The summed E-state index contributed by atoms with van der Waals surface area (Å²) in [6.45, 7) is 0. The Morgan fingerprint density at radius 3 is 2.89 bits per heavy atom. The first kappa shape index (κ1) is 11.8. The van der Waals surface area contributed by atoms with Crippen molar-refractivity contribution in [2.45, 2.75) is 0 Å². The van der Waals surface area contributed by atoms with Crippen molar-refractivity contribution in [2.24, 2.45) is 7.05 Å². The second-order valence-corrected chi connectivity index (χ2v) is 4.65. The van der Waals surface area contributed by atoms with Gasteiger partial charge in [-0.2, -0.15) is 5.10 Å². The van der Waals surface area contributed by atoms with Crippen LogP contribution in [0.1, 0.15) is 10.5 Å². The van der Waals surface area contributed by atoms with Gasteiger partial charge in [-0.3, -0.25) is 4.68 Å². The zero-order valence-corrected chi connectivity index (χ0v) is 10.8. The lowest BCUT2D eigenvalue weighted by molar-refractivity contribution is 0.0689. The maximum atomic E-state index is 10.9. The van der Waals surface area contributed by atoms with Gasteiger partial charge in [-0.05, 0) is 18.2 Å². The van der Waals surface area contributed by atoms with E-state index in [9.17, 15) is 4.79 Å². The van der Waals surface area contributed by atoms with Crippen molar-refractivity contribution in [1.82, 2.24) is 14.8 Å². The van der Waals surface area contributed by atoms with Crippen LogP contribution in [0.4, 0.5) is 0 Å². The van der Waals surface area contributed by atoms with Crippen molar-refractivity contribution in [3.05, 3.63) is 41.2 Å². The molecule has 1 aromatic carbocycles. The third-order valence-electron chi connectivity index (χ3n) is 3.03. The number of nitrogens with one attached hydrogen (secondary N) is 1. The lowest BCUT2D eigenvalue weighted by Gasteiger charge is -2.02. The van der Waals surface area contributed by atoms with Crippen molar-refractivity contribution in [3.8, 4) is 11.3 Å². The minimum Gasteiger partial charge on any atom is -0.476 e. The number of aromatic nitrogens is 3. The molecule has 0 saturated heterocycles.